The molecule has 28 heavy (non-hydrogen) atoms. The van der Waals surface area contributed by atoms with Crippen molar-refractivity contribution in [2.75, 3.05) is 32.7 Å². The zero-order valence-corrected chi connectivity index (χ0v) is 17.4. The normalized spacial score (nSPS) is 25.7. The molecule has 0 bridgehead atoms. The Bertz CT molecular complexity index is 569. The number of amides is 2. The number of piperidine rings is 1. The first-order chi connectivity index (χ1) is 12.8. The van der Waals surface area contributed by atoms with Crippen molar-refractivity contribution in [3.05, 3.63) is 0 Å². The molecule has 2 aliphatic heterocycles. The number of halogens is 3. The number of carbonyl (C=O) groups is 2. The summed E-state index contributed by atoms with van der Waals surface area (Å²) >= 11 is 0. The molecule has 6 nitrogen and oxygen atoms in total. The molecule has 2 amide bonds. The number of rotatable bonds is 2. The summed E-state index contributed by atoms with van der Waals surface area (Å²) in [5.74, 6) is -0.276. The van der Waals surface area contributed by atoms with Crippen molar-refractivity contribution in [2.24, 2.45) is 5.92 Å². The number of likely N-dealkylation sites (tertiary alicyclic amines) is 1. The van der Waals surface area contributed by atoms with E-state index in [1.54, 1.807) is 9.80 Å². The van der Waals surface area contributed by atoms with Gasteiger partial charge in [-0.1, -0.05) is 0 Å². The summed E-state index contributed by atoms with van der Waals surface area (Å²) < 4.78 is 43.0. The number of carbonyl (C=O) groups excluding carboxylic acids is 2. The molecule has 9 heteroatoms. The topological polar surface area (TPSA) is 53.1 Å². The molecule has 2 saturated heterocycles. The van der Waals surface area contributed by atoms with Gasteiger partial charge in [0.1, 0.15) is 5.60 Å². The Balaban J connectivity index is 1.91. The minimum atomic E-state index is -4.21. The average Bonchev–Trinajstić information content (AvgIpc) is 2.53. The second-order valence-corrected chi connectivity index (χ2v) is 8.99. The minimum Gasteiger partial charge on any atom is -0.444 e. The number of hydrogen-bond donors (Lipinski definition) is 0. The largest absolute Gasteiger partial charge is 0.444 e. The van der Waals surface area contributed by atoms with Gasteiger partial charge in [-0.15, -0.1) is 0 Å². The molecule has 2 fully saturated rings. The van der Waals surface area contributed by atoms with E-state index >= 15 is 0 Å². The van der Waals surface area contributed by atoms with Crippen molar-refractivity contribution >= 4 is 12.0 Å². The molecule has 0 radical (unpaired) electrons. The maximum absolute atomic E-state index is 13.0. The van der Waals surface area contributed by atoms with Crippen LogP contribution in [0.1, 0.15) is 47.5 Å². The van der Waals surface area contributed by atoms with Crippen LogP contribution in [0.25, 0.3) is 0 Å². The molecule has 0 saturated carbocycles. The van der Waals surface area contributed by atoms with Gasteiger partial charge in [-0.2, -0.15) is 13.2 Å². The number of piperazine rings is 1. The number of nitrogens with zero attached hydrogens (tertiary/aromatic N) is 3. The summed E-state index contributed by atoms with van der Waals surface area (Å²) in [6, 6.07) is -0.343. The molecule has 0 aliphatic carbocycles. The number of ether oxygens (including phenoxy) is 1. The van der Waals surface area contributed by atoms with Gasteiger partial charge in [0.2, 0.25) is 5.91 Å². The first-order valence-corrected chi connectivity index (χ1v) is 9.86. The molecule has 2 heterocycles. The standard InChI is InChI=1S/C19H32F3N3O3/c1-13-11-25(17(27)28-18(3,4)5)14(2)10-24(13)16(26)15-6-8-23(9-7-15)12-19(20,21)22/h13-15H,6-12H2,1-5H3. The van der Waals surface area contributed by atoms with Crippen LogP contribution >= 0.6 is 0 Å². The van der Waals surface area contributed by atoms with Crippen LogP contribution in [-0.2, 0) is 9.53 Å². The van der Waals surface area contributed by atoms with E-state index < -0.39 is 18.3 Å². The van der Waals surface area contributed by atoms with Crippen LogP contribution in [0.3, 0.4) is 0 Å². The summed E-state index contributed by atoms with van der Waals surface area (Å²) in [4.78, 5) is 30.1. The Labute approximate surface area is 165 Å². The summed E-state index contributed by atoms with van der Waals surface area (Å²) in [6.45, 7) is 9.61. The lowest BCUT2D eigenvalue weighted by atomic mass is 9.93. The highest BCUT2D eigenvalue weighted by Crippen LogP contribution is 2.26. The van der Waals surface area contributed by atoms with Crippen molar-refractivity contribution in [1.82, 2.24) is 14.7 Å². The van der Waals surface area contributed by atoms with E-state index in [2.05, 4.69) is 0 Å². The van der Waals surface area contributed by atoms with Gasteiger partial charge in [-0.3, -0.25) is 9.69 Å². The third kappa shape index (κ3) is 6.25. The number of alkyl halides is 3. The first kappa shape index (κ1) is 22.8. The van der Waals surface area contributed by atoms with E-state index in [0.29, 0.717) is 25.9 Å². The van der Waals surface area contributed by atoms with Crippen molar-refractivity contribution in [3.63, 3.8) is 0 Å². The predicted molar refractivity (Wildman–Crippen MR) is 98.8 cm³/mol. The lowest BCUT2D eigenvalue weighted by Crippen LogP contribution is -2.61. The Morgan fingerprint density at radius 1 is 0.964 bits per heavy atom. The molecule has 0 aromatic carbocycles. The molecule has 2 rings (SSSR count). The summed E-state index contributed by atoms with van der Waals surface area (Å²) in [5, 5.41) is 0. The molecule has 2 aliphatic rings. The van der Waals surface area contributed by atoms with Crippen molar-refractivity contribution in [1.29, 1.82) is 0 Å². The second kappa shape index (κ2) is 8.47. The molecule has 2 atom stereocenters. The fourth-order valence-electron chi connectivity index (χ4n) is 3.83. The highest BCUT2D eigenvalue weighted by Gasteiger charge is 2.40. The van der Waals surface area contributed by atoms with Gasteiger partial charge in [-0.05, 0) is 60.5 Å². The zero-order chi connectivity index (χ0) is 21.3. The summed E-state index contributed by atoms with van der Waals surface area (Å²) in [7, 11) is 0. The van der Waals surface area contributed by atoms with E-state index in [1.165, 1.54) is 4.90 Å². The van der Waals surface area contributed by atoms with E-state index in [1.807, 2.05) is 34.6 Å². The molecular weight excluding hydrogens is 375 g/mol. The third-order valence-corrected chi connectivity index (χ3v) is 5.24. The van der Waals surface area contributed by atoms with Crippen LogP contribution in [0.4, 0.5) is 18.0 Å². The van der Waals surface area contributed by atoms with Crippen LogP contribution < -0.4 is 0 Å². The maximum atomic E-state index is 13.0. The van der Waals surface area contributed by atoms with Gasteiger partial charge < -0.3 is 14.5 Å². The molecular formula is C19H32F3N3O3. The van der Waals surface area contributed by atoms with Gasteiger partial charge >= 0.3 is 12.3 Å². The predicted octanol–water partition coefficient (Wildman–Crippen LogP) is 3.12. The Morgan fingerprint density at radius 3 is 1.96 bits per heavy atom. The lowest BCUT2D eigenvalue weighted by Gasteiger charge is -2.45. The highest BCUT2D eigenvalue weighted by molar-refractivity contribution is 5.80. The fraction of sp³-hybridized carbons (Fsp3) is 0.895. The van der Waals surface area contributed by atoms with Gasteiger partial charge in [0.25, 0.3) is 0 Å². The second-order valence-electron chi connectivity index (χ2n) is 8.99. The smallest absolute Gasteiger partial charge is 0.410 e. The maximum Gasteiger partial charge on any atom is 0.410 e. The number of hydrogen-bond acceptors (Lipinski definition) is 4. The molecule has 0 spiro atoms. The molecule has 0 aromatic heterocycles. The minimum absolute atomic E-state index is 0.0187. The average molecular weight is 407 g/mol. The molecule has 162 valence electrons. The van der Waals surface area contributed by atoms with E-state index in [0.717, 1.165) is 0 Å². The lowest BCUT2D eigenvalue weighted by molar-refractivity contribution is -0.152. The molecule has 2 unspecified atom stereocenters. The summed E-state index contributed by atoms with van der Waals surface area (Å²) in [5.41, 5.74) is -0.586. The summed E-state index contributed by atoms with van der Waals surface area (Å²) in [6.07, 6.45) is -3.73. The van der Waals surface area contributed by atoms with E-state index in [-0.39, 0.29) is 43.1 Å². The van der Waals surface area contributed by atoms with Crippen molar-refractivity contribution in [2.45, 2.75) is 71.3 Å². The third-order valence-electron chi connectivity index (χ3n) is 5.24. The van der Waals surface area contributed by atoms with Crippen LogP contribution in [0.5, 0.6) is 0 Å². The monoisotopic (exact) mass is 407 g/mol. The Hall–Kier alpha value is -1.51. The van der Waals surface area contributed by atoms with Crippen LogP contribution in [0.15, 0.2) is 0 Å². The van der Waals surface area contributed by atoms with Gasteiger partial charge in [0.05, 0.1) is 6.54 Å². The van der Waals surface area contributed by atoms with Gasteiger partial charge in [0, 0.05) is 31.1 Å². The van der Waals surface area contributed by atoms with Gasteiger partial charge in [0.15, 0.2) is 0 Å². The van der Waals surface area contributed by atoms with Crippen molar-refractivity contribution in [3.8, 4) is 0 Å². The van der Waals surface area contributed by atoms with Crippen LogP contribution in [0.2, 0.25) is 0 Å². The highest BCUT2D eigenvalue weighted by atomic mass is 19.4. The first-order valence-electron chi connectivity index (χ1n) is 9.86. The quantitative estimate of drug-likeness (QED) is 0.706. The van der Waals surface area contributed by atoms with Crippen LogP contribution in [-0.4, -0.2) is 83.3 Å². The SMILES string of the molecule is CC1CN(C(=O)C2CCN(CC(F)(F)F)CC2)C(C)CN1C(=O)OC(C)(C)C. The van der Waals surface area contributed by atoms with E-state index in [9.17, 15) is 22.8 Å². The Kier molecular flexibility index (Phi) is 6.89. The molecule has 0 aromatic rings. The van der Waals surface area contributed by atoms with Crippen molar-refractivity contribution < 1.29 is 27.5 Å². The fourth-order valence-corrected chi connectivity index (χ4v) is 3.83. The molecule has 0 N–H and O–H groups in total. The van der Waals surface area contributed by atoms with E-state index in [4.69, 9.17) is 4.74 Å². The van der Waals surface area contributed by atoms with Gasteiger partial charge in [-0.25, -0.2) is 4.79 Å². The van der Waals surface area contributed by atoms with Crippen LogP contribution in [0, 0.1) is 5.92 Å². The zero-order valence-electron chi connectivity index (χ0n) is 17.4. The Morgan fingerprint density at radius 2 is 1.46 bits per heavy atom.